The molecular formula is C16H25NO2. The van der Waals surface area contributed by atoms with E-state index in [9.17, 15) is 4.79 Å². The Morgan fingerprint density at radius 1 is 1.26 bits per heavy atom. The molecule has 0 aromatic heterocycles. The fourth-order valence-electron chi connectivity index (χ4n) is 1.94. The molecule has 0 aliphatic carbocycles. The summed E-state index contributed by atoms with van der Waals surface area (Å²) < 4.78 is 4.75. The number of carbonyl (C=O) groups is 1. The van der Waals surface area contributed by atoms with Gasteiger partial charge in [0.25, 0.3) is 0 Å². The van der Waals surface area contributed by atoms with Crippen LogP contribution in [0.25, 0.3) is 0 Å². The normalized spacial score (nSPS) is 12.3. The van der Waals surface area contributed by atoms with Crippen LogP contribution in [0.3, 0.4) is 0 Å². The smallest absolute Gasteiger partial charge is 0.337 e. The van der Waals surface area contributed by atoms with Gasteiger partial charge in [0.2, 0.25) is 0 Å². The molecular weight excluding hydrogens is 238 g/mol. The summed E-state index contributed by atoms with van der Waals surface area (Å²) in [5.41, 5.74) is 2.75. The molecule has 0 amide bonds. The Morgan fingerprint density at radius 2 is 1.95 bits per heavy atom. The second kappa shape index (κ2) is 7.17. The lowest BCUT2D eigenvalue weighted by Crippen LogP contribution is -2.17. The van der Waals surface area contributed by atoms with Crippen LogP contribution < -0.4 is 5.32 Å². The molecule has 0 spiro atoms. The van der Waals surface area contributed by atoms with Gasteiger partial charge in [-0.05, 0) is 50.3 Å². The lowest BCUT2D eigenvalue weighted by Gasteiger charge is -2.18. The molecule has 1 unspecified atom stereocenters. The highest BCUT2D eigenvalue weighted by Gasteiger charge is 2.10. The van der Waals surface area contributed by atoms with Crippen LogP contribution in [-0.2, 0) is 4.74 Å². The maximum Gasteiger partial charge on any atom is 0.337 e. The molecule has 0 saturated heterocycles. The molecule has 1 atom stereocenters. The maximum atomic E-state index is 11.5. The number of carbonyl (C=O) groups excluding carboxylic acids is 1. The summed E-state index contributed by atoms with van der Waals surface area (Å²) in [5, 5.41) is 3.48. The second-order valence-electron chi connectivity index (χ2n) is 5.54. The third kappa shape index (κ3) is 4.93. The van der Waals surface area contributed by atoms with Crippen LogP contribution >= 0.6 is 0 Å². The molecule has 0 radical (unpaired) electrons. The maximum absolute atomic E-state index is 11.5. The van der Waals surface area contributed by atoms with E-state index in [1.54, 1.807) is 6.07 Å². The van der Waals surface area contributed by atoms with Crippen LogP contribution in [0.1, 0.15) is 49.5 Å². The van der Waals surface area contributed by atoms with Crippen molar-refractivity contribution in [1.29, 1.82) is 0 Å². The van der Waals surface area contributed by atoms with Gasteiger partial charge in [-0.1, -0.05) is 19.9 Å². The molecule has 1 rings (SSSR count). The molecule has 1 aromatic rings. The number of aryl methyl sites for hydroxylation is 1. The minimum atomic E-state index is -0.294. The number of rotatable bonds is 6. The molecule has 3 nitrogen and oxygen atoms in total. The zero-order valence-electron chi connectivity index (χ0n) is 12.6. The SMILES string of the molecule is COC(=O)c1ccc(C)c(NC(C)CCC(C)C)c1. The summed E-state index contributed by atoms with van der Waals surface area (Å²) in [4.78, 5) is 11.5. The number of methoxy groups -OCH3 is 1. The summed E-state index contributed by atoms with van der Waals surface area (Å²) in [6.07, 6.45) is 2.32. The van der Waals surface area contributed by atoms with E-state index in [4.69, 9.17) is 4.74 Å². The van der Waals surface area contributed by atoms with Crippen LogP contribution in [0.2, 0.25) is 0 Å². The molecule has 0 fully saturated rings. The Labute approximate surface area is 116 Å². The van der Waals surface area contributed by atoms with Crippen LogP contribution in [0, 0.1) is 12.8 Å². The first-order valence-corrected chi connectivity index (χ1v) is 6.89. The largest absolute Gasteiger partial charge is 0.465 e. The predicted molar refractivity (Wildman–Crippen MR) is 79.7 cm³/mol. The Balaban J connectivity index is 2.73. The Kier molecular flexibility index (Phi) is 5.87. The number of esters is 1. The van der Waals surface area contributed by atoms with Crippen molar-refractivity contribution in [3.8, 4) is 0 Å². The zero-order valence-corrected chi connectivity index (χ0v) is 12.6. The Hall–Kier alpha value is -1.51. The molecule has 0 aliphatic heterocycles. The number of nitrogens with one attached hydrogen (secondary N) is 1. The minimum Gasteiger partial charge on any atom is -0.465 e. The van der Waals surface area contributed by atoms with E-state index >= 15 is 0 Å². The van der Waals surface area contributed by atoms with Gasteiger partial charge in [-0.25, -0.2) is 4.79 Å². The number of hydrogen-bond donors (Lipinski definition) is 1. The summed E-state index contributed by atoms with van der Waals surface area (Å²) in [6.45, 7) is 8.68. The highest BCUT2D eigenvalue weighted by Crippen LogP contribution is 2.20. The van der Waals surface area contributed by atoms with Crippen LogP contribution in [-0.4, -0.2) is 19.1 Å². The van der Waals surface area contributed by atoms with E-state index in [-0.39, 0.29) is 5.97 Å². The molecule has 1 N–H and O–H groups in total. The third-order valence-electron chi connectivity index (χ3n) is 3.24. The van der Waals surface area contributed by atoms with E-state index in [2.05, 4.69) is 26.1 Å². The average molecular weight is 263 g/mol. The molecule has 0 aliphatic rings. The highest BCUT2D eigenvalue weighted by atomic mass is 16.5. The van der Waals surface area contributed by atoms with Crippen molar-refractivity contribution in [3.05, 3.63) is 29.3 Å². The van der Waals surface area contributed by atoms with Crippen molar-refractivity contribution in [2.24, 2.45) is 5.92 Å². The van der Waals surface area contributed by atoms with Gasteiger partial charge in [-0.15, -0.1) is 0 Å². The van der Waals surface area contributed by atoms with Gasteiger partial charge in [0.1, 0.15) is 0 Å². The van der Waals surface area contributed by atoms with Crippen LogP contribution in [0.4, 0.5) is 5.69 Å². The minimum absolute atomic E-state index is 0.294. The molecule has 0 bridgehead atoms. The van der Waals surface area contributed by atoms with Gasteiger partial charge in [-0.3, -0.25) is 0 Å². The highest BCUT2D eigenvalue weighted by molar-refractivity contribution is 5.90. The van der Waals surface area contributed by atoms with Crippen molar-refractivity contribution >= 4 is 11.7 Å². The number of ether oxygens (including phenoxy) is 1. The van der Waals surface area contributed by atoms with E-state index in [0.29, 0.717) is 17.5 Å². The Morgan fingerprint density at radius 3 is 2.53 bits per heavy atom. The monoisotopic (exact) mass is 263 g/mol. The van der Waals surface area contributed by atoms with Gasteiger partial charge in [-0.2, -0.15) is 0 Å². The average Bonchev–Trinajstić information content (AvgIpc) is 2.38. The summed E-state index contributed by atoms with van der Waals surface area (Å²) in [6, 6.07) is 6.01. The molecule has 0 heterocycles. The van der Waals surface area contributed by atoms with Crippen LogP contribution in [0.5, 0.6) is 0 Å². The van der Waals surface area contributed by atoms with E-state index in [1.165, 1.54) is 13.5 Å². The number of anilines is 1. The quantitative estimate of drug-likeness (QED) is 0.788. The molecule has 106 valence electrons. The summed E-state index contributed by atoms with van der Waals surface area (Å²) in [5.74, 6) is 0.421. The molecule has 3 heteroatoms. The third-order valence-corrected chi connectivity index (χ3v) is 3.24. The number of benzene rings is 1. The van der Waals surface area contributed by atoms with E-state index in [1.807, 2.05) is 19.1 Å². The van der Waals surface area contributed by atoms with Gasteiger partial charge in [0.15, 0.2) is 0 Å². The van der Waals surface area contributed by atoms with Gasteiger partial charge in [0, 0.05) is 11.7 Å². The topological polar surface area (TPSA) is 38.3 Å². The molecule has 19 heavy (non-hydrogen) atoms. The Bertz CT molecular complexity index is 427. The fraction of sp³-hybridized carbons (Fsp3) is 0.562. The van der Waals surface area contributed by atoms with E-state index in [0.717, 1.165) is 17.7 Å². The second-order valence-corrected chi connectivity index (χ2v) is 5.54. The fourth-order valence-corrected chi connectivity index (χ4v) is 1.94. The van der Waals surface area contributed by atoms with Crippen molar-refractivity contribution in [2.75, 3.05) is 12.4 Å². The van der Waals surface area contributed by atoms with Crippen molar-refractivity contribution in [2.45, 2.75) is 46.6 Å². The van der Waals surface area contributed by atoms with Crippen molar-refractivity contribution in [1.82, 2.24) is 0 Å². The van der Waals surface area contributed by atoms with Crippen LogP contribution in [0.15, 0.2) is 18.2 Å². The van der Waals surface area contributed by atoms with Gasteiger partial charge >= 0.3 is 5.97 Å². The first-order chi connectivity index (χ1) is 8.93. The first-order valence-electron chi connectivity index (χ1n) is 6.89. The molecule has 0 saturated carbocycles. The van der Waals surface area contributed by atoms with Crippen molar-refractivity contribution in [3.63, 3.8) is 0 Å². The zero-order chi connectivity index (χ0) is 14.4. The summed E-state index contributed by atoms with van der Waals surface area (Å²) in [7, 11) is 1.40. The van der Waals surface area contributed by atoms with Gasteiger partial charge < -0.3 is 10.1 Å². The predicted octanol–water partition coefficient (Wildman–Crippen LogP) is 4.02. The number of hydrogen-bond acceptors (Lipinski definition) is 3. The lowest BCUT2D eigenvalue weighted by molar-refractivity contribution is 0.0601. The summed E-state index contributed by atoms with van der Waals surface area (Å²) >= 11 is 0. The standard InChI is InChI=1S/C16H25NO2/c1-11(2)6-8-13(4)17-15-10-14(16(18)19-5)9-7-12(15)3/h7,9-11,13,17H,6,8H2,1-5H3. The first kappa shape index (κ1) is 15.5. The molecule has 1 aromatic carbocycles. The lowest BCUT2D eigenvalue weighted by atomic mass is 10.0. The van der Waals surface area contributed by atoms with E-state index < -0.39 is 0 Å². The van der Waals surface area contributed by atoms with Crippen molar-refractivity contribution < 1.29 is 9.53 Å². The van der Waals surface area contributed by atoms with Gasteiger partial charge in [0.05, 0.1) is 12.7 Å².